The van der Waals surface area contributed by atoms with E-state index in [-0.39, 0.29) is 28.4 Å². The van der Waals surface area contributed by atoms with Crippen LogP contribution in [0.3, 0.4) is 0 Å². The molecule has 4 aliphatic carbocycles. The van der Waals surface area contributed by atoms with Crippen molar-refractivity contribution in [3.63, 3.8) is 0 Å². The molecule has 0 spiro atoms. The summed E-state index contributed by atoms with van der Waals surface area (Å²) in [5.41, 5.74) is 1.54. The molecule has 3 heterocycles. The summed E-state index contributed by atoms with van der Waals surface area (Å²) in [6.07, 6.45) is 9.39. The molecule has 2 aromatic heterocycles. The van der Waals surface area contributed by atoms with Gasteiger partial charge in [0.2, 0.25) is 10.0 Å². The van der Waals surface area contributed by atoms with E-state index in [2.05, 4.69) is 29.7 Å². The van der Waals surface area contributed by atoms with Crippen LogP contribution in [0.2, 0.25) is 0 Å². The summed E-state index contributed by atoms with van der Waals surface area (Å²) in [4.78, 5) is 21.1. The zero-order valence-corrected chi connectivity index (χ0v) is 25.3. The van der Waals surface area contributed by atoms with Crippen LogP contribution in [0, 0.1) is 29.0 Å². The van der Waals surface area contributed by atoms with E-state index in [9.17, 15) is 22.7 Å². The minimum Gasteiger partial charge on any atom is -0.506 e. The van der Waals surface area contributed by atoms with Crippen molar-refractivity contribution in [1.82, 2.24) is 24.8 Å². The predicted octanol–water partition coefficient (Wildman–Crippen LogP) is 3.98. The molecule has 2 N–H and O–H groups in total. The van der Waals surface area contributed by atoms with Gasteiger partial charge in [0.1, 0.15) is 11.6 Å². The van der Waals surface area contributed by atoms with Crippen LogP contribution >= 0.6 is 0 Å². The van der Waals surface area contributed by atoms with Gasteiger partial charge in [-0.25, -0.2) is 17.5 Å². The molecule has 5 fully saturated rings. The van der Waals surface area contributed by atoms with Crippen molar-refractivity contribution in [2.45, 2.75) is 45.1 Å². The number of hydrogen-bond donors (Lipinski definition) is 2. The van der Waals surface area contributed by atoms with E-state index in [4.69, 9.17) is 0 Å². The topological polar surface area (TPSA) is 129 Å². The summed E-state index contributed by atoms with van der Waals surface area (Å²) in [6, 6.07) is 9.82. The van der Waals surface area contributed by atoms with Gasteiger partial charge in [-0.1, -0.05) is 12.1 Å². The summed E-state index contributed by atoms with van der Waals surface area (Å²) in [5, 5.41) is 17.9. The van der Waals surface area contributed by atoms with E-state index >= 15 is 0 Å². The van der Waals surface area contributed by atoms with Crippen LogP contribution in [0.15, 0.2) is 48.8 Å². The van der Waals surface area contributed by atoms with Crippen molar-refractivity contribution in [3.05, 3.63) is 65.9 Å². The average Bonchev–Trinajstić information content (AvgIpc) is 2.96. The van der Waals surface area contributed by atoms with Crippen LogP contribution in [0.4, 0.5) is 10.2 Å². The van der Waals surface area contributed by atoms with Crippen molar-refractivity contribution < 1.29 is 22.7 Å². The van der Waals surface area contributed by atoms with Crippen LogP contribution in [-0.4, -0.2) is 71.4 Å². The SMILES string of the molecule is O=C(NS(=O)(=O)CC12CC3CC(CC(C3)C1)C2)c1ccc(N2CCN(Cc3ccc(-c4cncc(O)c4)c(F)c3)CC2)nn1. The number of aromatic hydroxyl groups is 1. The van der Waals surface area contributed by atoms with Gasteiger partial charge in [0.15, 0.2) is 11.5 Å². The Kier molecular flexibility index (Phi) is 7.52. The third-order valence-corrected chi connectivity index (χ3v) is 11.5. The summed E-state index contributed by atoms with van der Waals surface area (Å²) >= 11 is 0. The molecule has 44 heavy (non-hydrogen) atoms. The fourth-order valence-electron chi connectivity index (χ4n) is 8.57. The Labute approximate surface area is 256 Å². The van der Waals surface area contributed by atoms with Gasteiger partial charge in [0, 0.05) is 50.0 Å². The van der Waals surface area contributed by atoms with Gasteiger partial charge >= 0.3 is 0 Å². The summed E-state index contributed by atoms with van der Waals surface area (Å²) < 4.78 is 43.2. The zero-order chi connectivity index (χ0) is 30.5. The lowest BCUT2D eigenvalue weighted by molar-refractivity contribution is -0.0391. The molecular formula is C32H37FN6O4S. The molecule has 12 heteroatoms. The Balaban J connectivity index is 0.914. The smallest absolute Gasteiger partial charge is 0.285 e. The van der Waals surface area contributed by atoms with E-state index in [1.807, 2.05) is 6.07 Å². The molecule has 1 saturated heterocycles. The second-order valence-corrected chi connectivity index (χ2v) is 15.1. The average molecular weight is 621 g/mol. The normalized spacial score (nSPS) is 26.6. The van der Waals surface area contributed by atoms with E-state index in [1.54, 1.807) is 12.1 Å². The summed E-state index contributed by atoms with van der Waals surface area (Å²) in [7, 11) is -3.79. The minimum absolute atomic E-state index is 0.0108. The van der Waals surface area contributed by atoms with Crippen molar-refractivity contribution in [3.8, 4) is 16.9 Å². The van der Waals surface area contributed by atoms with Crippen LogP contribution in [0.1, 0.15) is 54.6 Å². The monoisotopic (exact) mass is 620 g/mol. The molecule has 1 aliphatic heterocycles. The number of rotatable bonds is 8. The molecule has 0 unspecified atom stereocenters. The van der Waals surface area contributed by atoms with Crippen LogP contribution < -0.4 is 9.62 Å². The van der Waals surface area contributed by atoms with Gasteiger partial charge in [-0.15, -0.1) is 10.2 Å². The maximum Gasteiger partial charge on any atom is 0.285 e. The third kappa shape index (κ3) is 6.14. The van der Waals surface area contributed by atoms with E-state index < -0.39 is 15.9 Å². The number of piperazine rings is 1. The highest BCUT2D eigenvalue weighted by Crippen LogP contribution is 2.60. The Hall–Kier alpha value is -3.64. The second kappa shape index (κ2) is 11.4. The lowest BCUT2D eigenvalue weighted by Gasteiger charge is -2.56. The van der Waals surface area contributed by atoms with Crippen LogP contribution in [0.5, 0.6) is 5.75 Å². The maximum atomic E-state index is 14.8. The molecule has 4 saturated carbocycles. The zero-order valence-electron chi connectivity index (χ0n) is 24.5. The molecular weight excluding hydrogens is 583 g/mol. The molecule has 3 aromatic rings. The molecule has 4 bridgehead atoms. The molecule has 8 rings (SSSR count). The van der Waals surface area contributed by atoms with Gasteiger partial charge in [-0.2, -0.15) is 0 Å². The van der Waals surface area contributed by atoms with Gasteiger partial charge in [0.05, 0.1) is 11.9 Å². The standard InChI is InChI=1S/C32H37FN6O4S/c33-28-12-21(1-2-27(28)25-13-26(40)18-34-17-25)19-38-5-7-39(8-6-38)30-4-3-29(35-36-30)31(41)37-44(42,43)20-32-14-22-9-23(15-32)11-24(10-22)16-32/h1-4,12-13,17-18,22-24,40H,5-11,14-16,19-20H2,(H,37,41). The molecule has 1 aromatic carbocycles. The number of pyridine rings is 1. The first kappa shape index (κ1) is 29.1. The molecule has 0 radical (unpaired) electrons. The lowest BCUT2D eigenvalue weighted by Crippen LogP contribution is -2.51. The number of carbonyl (C=O) groups excluding carboxylic acids is 1. The number of nitrogens with zero attached hydrogens (tertiary/aromatic N) is 5. The Morgan fingerprint density at radius 3 is 2.27 bits per heavy atom. The number of amides is 1. The third-order valence-electron chi connectivity index (χ3n) is 9.96. The molecule has 10 nitrogen and oxygen atoms in total. The molecule has 232 valence electrons. The molecule has 5 aliphatic rings. The first-order valence-electron chi connectivity index (χ1n) is 15.4. The largest absolute Gasteiger partial charge is 0.506 e. The predicted molar refractivity (Wildman–Crippen MR) is 163 cm³/mol. The number of anilines is 1. The van der Waals surface area contributed by atoms with Crippen LogP contribution in [-0.2, 0) is 16.6 Å². The van der Waals surface area contributed by atoms with E-state index in [0.29, 0.717) is 54.3 Å². The summed E-state index contributed by atoms with van der Waals surface area (Å²) in [5.74, 6) is 1.42. The lowest BCUT2D eigenvalue weighted by atomic mass is 9.50. The second-order valence-electron chi connectivity index (χ2n) is 13.4. The Morgan fingerprint density at radius 1 is 0.955 bits per heavy atom. The first-order chi connectivity index (χ1) is 21.1. The maximum absolute atomic E-state index is 14.8. The Bertz CT molecular complexity index is 1620. The summed E-state index contributed by atoms with van der Waals surface area (Å²) in [6.45, 7) is 3.40. The number of benzene rings is 1. The van der Waals surface area contributed by atoms with E-state index in [1.165, 1.54) is 49.9 Å². The van der Waals surface area contributed by atoms with Crippen molar-refractivity contribution >= 4 is 21.7 Å². The minimum atomic E-state index is -3.79. The number of hydrogen-bond acceptors (Lipinski definition) is 9. The van der Waals surface area contributed by atoms with E-state index in [0.717, 1.165) is 37.9 Å². The van der Waals surface area contributed by atoms with Crippen LogP contribution in [0.25, 0.3) is 11.1 Å². The number of carbonyl (C=O) groups is 1. The first-order valence-corrected chi connectivity index (χ1v) is 17.1. The highest BCUT2D eigenvalue weighted by Gasteiger charge is 2.52. The van der Waals surface area contributed by atoms with Gasteiger partial charge in [-0.05, 0) is 91.5 Å². The molecule has 1 amide bonds. The van der Waals surface area contributed by atoms with Crippen molar-refractivity contribution in [2.75, 3.05) is 36.8 Å². The number of aromatic nitrogens is 3. The van der Waals surface area contributed by atoms with Crippen molar-refractivity contribution in [2.24, 2.45) is 23.2 Å². The fraction of sp³-hybridized carbons (Fsp3) is 0.500. The number of sulfonamides is 1. The number of halogens is 1. The number of nitrogens with one attached hydrogen (secondary N) is 1. The van der Waals surface area contributed by atoms with Gasteiger partial charge < -0.3 is 10.0 Å². The highest BCUT2D eigenvalue weighted by molar-refractivity contribution is 7.90. The van der Waals surface area contributed by atoms with Gasteiger partial charge in [0.25, 0.3) is 5.91 Å². The molecule has 0 atom stereocenters. The van der Waals surface area contributed by atoms with Gasteiger partial charge in [-0.3, -0.25) is 14.7 Å². The Morgan fingerprint density at radius 2 is 1.66 bits per heavy atom. The quantitative estimate of drug-likeness (QED) is 0.384. The highest BCUT2D eigenvalue weighted by atomic mass is 32.2. The fourth-order valence-corrected chi connectivity index (χ4v) is 10.2. The van der Waals surface area contributed by atoms with Crippen molar-refractivity contribution in [1.29, 1.82) is 0 Å².